The molecule has 1 aliphatic heterocycles. The summed E-state index contributed by atoms with van der Waals surface area (Å²) in [5, 5.41) is 1.33. The first-order valence-corrected chi connectivity index (χ1v) is 10.5. The minimum absolute atomic E-state index is 0.221. The van der Waals surface area contributed by atoms with E-state index in [1.54, 1.807) is 48.2 Å². The molecule has 7 nitrogen and oxygen atoms in total. The summed E-state index contributed by atoms with van der Waals surface area (Å²) in [6.45, 7) is 0. The van der Waals surface area contributed by atoms with E-state index in [9.17, 15) is 14.4 Å². The SMILES string of the molecule is O=C(ON1C(=O)c2ccccc2C1=O)c1ccc(CSc2nc3ccccc3[nH]2)cc1. The third-order valence-electron chi connectivity index (χ3n) is 4.86. The Hall–Kier alpha value is -3.91. The Morgan fingerprint density at radius 2 is 1.55 bits per heavy atom. The molecule has 5 rings (SSSR count). The first-order chi connectivity index (χ1) is 15.1. The number of hydrogen-bond donors (Lipinski definition) is 1. The Morgan fingerprint density at radius 1 is 0.903 bits per heavy atom. The Morgan fingerprint density at radius 3 is 2.23 bits per heavy atom. The van der Waals surface area contributed by atoms with E-state index in [4.69, 9.17) is 4.84 Å². The van der Waals surface area contributed by atoms with E-state index < -0.39 is 17.8 Å². The van der Waals surface area contributed by atoms with Gasteiger partial charge in [-0.15, -0.1) is 0 Å². The second kappa shape index (κ2) is 7.73. The van der Waals surface area contributed by atoms with Gasteiger partial charge >= 0.3 is 5.97 Å². The molecule has 8 heteroatoms. The Kier molecular flexibility index (Phi) is 4.76. The van der Waals surface area contributed by atoms with Crippen LogP contribution >= 0.6 is 11.8 Å². The van der Waals surface area contributed by atoms with Crippen molar-refractivity contribution in [2.45, 2.75) is 10.9 Å². The van der Waals surface area contributed by atoms with Crippen LogP contribution in [-0.4, -0.2) is 32.8 Å². The zero-order valence-corrected chi connectivity index (χ0v) is 16.9. The predicted molar refractivity (Wildman–Crippen MR) is 114 cm³/mol. The Labute approximate surface area is 181 Å². The third kappa shape index (κ3) is 3.57. The highest BCUT2D eigenvalue weighted by molar-refractivity contribution is 7.98. The van der Waals surface area contributed by atoms with E-state index in [0.717, 1.165) is 21.8 Å². The van der Waals surface area contributed by atoms with Gasteiger partial charge in [0.1, 0.15) is 0 Å². The highest BCUT2D eigenvalue weighted by Gasteiger charge is 2.38. The van der Waals surface area contributed by atoms with E-state index in [-0.39, 0.29) is 16.7 Å². The van der Waals surface area contributed by atoms with Crippen LogP contribution < -0.4 is 0 Å². The summed E-state index contributed by atoms with van der Waals surface area (Å²) in [4.78, 5) is 50.0. The second-order valence-corrected chi connectivity index (χ2v) is 7.84. The van der Waals surface area contributed by atoms with Crippen LogP contribution in [0.1, 0.15) is 36.6 Å². The lowest BCUT2D eigenvalue weighted by molar-refractivity contribution is -0.0584. The molecular formula is C23H15N3O4S. The van der Waals surface area contributed by atoms with E-state index in [2.05, 4.69) is 9.97 Å². The Bertz CT molecular complexity index is 1260. The van der Waals surface area contributed by atoms with Crippen LogP contribution in [-0.2, 0) is 10.6 Å². The topological polar surface area (TPSA) is 92.4 Å². The monoisotopic (exact) mass is 429 g/mol. The van der Waals surface area contributed by atoms with Gasteiger partial charge in [0.2, 0.25) is 0 Å². The number of imide groups is 1. The summed E-state index contributed by atoms with van der Waals surface area (Å²) in [5.41, 5.74) is 3.57. The number of H-pyrrole nitrogens is 1. The maximum atomic E-state index is 12.4. The van der Waals surface area contributed by atoms with Crippen LogP contribution in [0.15, 0.2) is 78.0 Å². The van der Waals surface area contributed by atoms with Gasteiger partial charge in [-0.3, -0.25) is 9.59 Å². The smallest absolute Gasteiger partial charge is 0.333 e. The lowest BCUT2D eigenvalue weighted by atomic mass is 10.1. The zero-order chi connectivity index (χ0) is 21.4. The number of carbonyl (C=O) groups excluding carboxylic acids is 3. The molecule has 1 N–H and O–H groups in total. The molecule has 3 aromatic carbocycles. The van der Waals surface area contributed by atoms with Crippen molar-refractivity contribution in [1.82, 2.24) is 15.0 Å². The number of nitrogens with zero attached hydrogens (tertiary/aromatic N) is 2. The molecule has 0 spiro atoms. The number of para-hydroxylation sites is 2. The summed E-state index contributed by atoms with van der Waals surface area (Å²) < 4.78 is 0. The van der Waals surface area contributed by atoms with E-state index in [0.29, 0.717) is 10.8 Å². The number of hydrogen-bond acceptors (Lipinski definition) is 6. The molecular weight excluding hydrogens is 414 g/mol. The molecule has 0 bridgehead atoms. The molecule has 0 atom stereocenters. The lowest BCUT2D eigenvalue weighted by Crippen LogP contribution is -2.32. The highest BCUT2D eigenvalue weighted by Crippen LogP contribution is 2.25. The molecule has 1 aromatic heterocycles. The normalized spacial score (nSPS) is 13.0. The number of carbonyl (C=O) groups is 3. The number of rotatable bonds is 5. The average Bonchev–Trinajstić information content (AvgIpc) is 3.33. The first kappa shape index (κ1) is 19.1. The van der Waals surface area contributed by atoms with Crippen LogP contribution in [0.2, 0.25) is 0 Å². The maximum absolute atomic E-state index is 12.4. The molecule has 0 radical (unpaired) electrons. The number of benzene rings is 3. The van der Waals surface area contributed by atoms with Crippen molar-refractivity contribution >= 4 is 40.6 Å². The van der Waals surface area contributed by atoms with E-state index in [1.165, 1.54) is 12.1 Å². The summed E-state index contributed by atoms with van der Waals surface area (Å²) in [5.74, 6) is -1.40. The molecule has 152 valence electrons. The van der Waals surface area contributed by atoms with Crippen molar-refractivity contribution < 1.29 is 19.2 Å². The minimum Gasteiger partial charge on any atom is -0.333 e. The fourth-order valence-corrected chi connectivity index (χ4v) is 4.11. The van der Waals surface area contributed by atoms with Crippen molar-refractivity contribution in [1.29, 1.82) is 0 Å². The fraction of sp³-hybridized carbons (Fsp3) is 0.0435. The molecule has 2 amide bonds. The quantitative estimate of drug-likeness (QED) is 0.377. The summed E-state index contributed by atoms with van der Waals surface area (Å²) in [7, 11) is 0. The molecule has 0 fully saturated rings. The van der Waals surface area contributed by atoms with Crippen molar-refractivity contribution in [2.24, 2.45) is 0 Å². The lowest BCUT2D eigenvalue weighted by Gasteiger charge is -2.12. The summed E-state index contributed by atoms with van der Waals surface area (Å²) in [6, 6.07) is 21.0. The van der Waals surface area contributed by atoms with Gasteiger partial charge in [0, 0.05) is 5.75 Å². The molecule has 2 heterocycles. The van der Waals surface area contributed by atoms with Gasteiger partial charge in [0.05, 0.1) is 27.7 Å². The molecule has 4 aromatic rings. The van der Waals surface area contributed by atoms with E-state index in [1.807, 2.05) is 24.3 Å². The molecule has 0 saturated heterocycles. The number of aromatic amines is 1. The third-order valence-corrected chi connectivity index (χ3v) is 5.81. The summed E-state index contributed by atoms with van der Waals surface area (Å²) in [6.07, 6.45) is 0. The van der Waals surface area contributed by atoms with Crippen LogP contribution in [0.3, 0.4) is 0 Å². The van der Waals surface area contributed by atoms with Gasteiger partial charge in [-0.05, 0) is 42.0 Å². The van der Waals surface area contributed by atoms with Gasteiger partial charge in [-0.25, -0.2) is 9.78 Å². The van der Waals surface area contributed by atoms with Gasteiger partial charge in [-0.2, -0.15) is 0 Å². The molecule has 1 aliphatic rings. The second-order valence-electron chi connectivity index (χ2n) is 6.87. The first-order valence-electron chi connectivity index (χ1n) is 9.47. The van der Waals surface area contributed by atoms with Gasteiger partial charge in [-0.1, -0.05) is 53.2 Å². The standard InChI is InChI=1S/C23H15N3O4S/c27-20-16-5-1-2-6-17(16)21(28)26(20)30-22(29)15-11-9-14(10-12-15)13-31-23-24-18-7-3-4-8-19(18)25-23/h1-12H,13H2,(H,24,25). The van der Waals surface area contributed by atoms with Crippen molar-refractivity contribution in [3.8, 4) is 0 Å². The number of amides is 2. The number of hydroxylamine groups is 2. The number of thioether (sulfide) groups is 1. The molecule has 0 saturated carbocycles. The number of aromatic nitrogens is 2. The highest BCUT2D eigenvalue weighted by atomic mass is 32.2. The molecule has 31 heavy (non-hydrogen) atoms. The van der Waals surface area contributed by atoms with Crippen molar-refractivity contribution in [2.75, 3.05) is 0 Å². The van der Waals surface area contributed by atoms with Crippen molar-refractivity contribution in [3.63, 3.8) is 0 Å². The fourth-order valence-electron chi connectivity index (χ4n) is 3.27. The Balaban J connectivity index is 1.23. The van der Waals surface area contributed by atoms with Gasteiger partial charge < -0.3 is 9.82 Å². The van der Waals surface area contributed by atoms with Crippen molar-refractivity contribution in [3.05, 3.63) is 95.1 Å². The zero-order valence-electron chi connectivity index (χ0n) is 16.1. The largest absolute Gasteiger partial charge is 0.363 e. The number of imidazole rings is 1. The van der Waals surface area contributed by atoms with Crippen LogP contribution in [0.4, 0.5) is 0 Å². The van der Waals surface area contributed by atoms with Gasteiger partial charge in [0.25, 0.3) is 11.8 Å². The summed E-state index contributed by atoms with van der Waals surface area (Å²) >= 11 is 1.55. The predicted octanol–water partition coefficient (Wildman–Crippen LogP) is 4.22. The van der Waals surface area contributed by atoms with E-state index >= 15 is 0 Å². The maximum Gasteiger partial charge on any atom is 0.363 e. The number of nitrogens with one attached hydrogen (secondary N) is 1. The van der Waals surface area contributed by atoms with Gasteiger partial charge in [0.15, 0.2) is 5.16 Å². The average molecular weight is 429 g/mol. The van der Waals surface area contributed by atoms with Crippen LogP contribution in [0, 0.1) is 0 Å². The van der Waals surface area contributed by atoms with Crippen LogP contribution in [0.25, 0.3) is 11.0 Å². The minimum atomic E-state index is -0.772. The molecule has 0 aliphatic carbocycles. The van der Waals surface area contributed by atoms with Crippen LogP contribution in [0.5, 0.6) is 0 Å². The molecule has 0 unspecified atom stereocenters. The number of fused-ring (bicyclic) bond motifs is 2.